The van der Waals surface area contributed by atoms with E-state index in [0.717, 1.165) is 0 Å². The second-order valence-electron chi connectivity index (χ2n) is 4.28. The third kappa shape index (κ3) is 2.38. The summed E-state index contributed by atoms with van der Waals surface area (Å²) in [7, 11) is 0. The normalized spacial score (nSPS) is 35.9. The molecule has 0 unspecified atom stereocenters. The highest BCUT2D eigenvalue weighted by Crippen LogP contribution is 2.29. The van der Waals surface area contributed by atoms with E-state index in [9.17, 15) is 0 Å². The van der Waals surface area contributed by atoms with E-state index in [-0.39, 0.29) is 24.9 Å². The molecule has 0 radical (unpaired) electrons. The maximum atomic E-state index is 5.72. The third-order valence-corrected chi connectivity index (χ3v) is 2.58. The zero-order valence-electron chi connectivity index (χ0n) is 9.51. The first-order valence-electron chi connectivity index (χ1n) is 5.31. The second kappa shape index (κ2) is 4.46. The molecule has 0 amide bonds. The van der Waals surface area contributed by atoms with E-state index in [4.69, 9.17) is 25.4 Å². The van der Waals surface area contributed by atoms with Gasteiger partial charge < -0.3 is 18.9 Å². The van der Waals surface area contributed by atoms with E-state index < -0.39 is 5.79 Å². The molecule has 0 aromatic rings. The number of terminal acetylenes is 1. The highest BCUT2D eigenvalue weighted by Gasteiger charge is 2.42. The van der Waals surface area contributed by atoms with Gasteiger partial charge in [-0.2, -0.15) is 0 Å². The highest BCUT2D eigenvalue weighted by atomic mass is 16.8. The monoisotopic (exact) mass is 224 g/mol. The van der Waals surface area contributed by atoms with Crippen molar-refractivity contribution in [3.63, 3.8) is 0 Å². The molecule has 3 atom stereocenters. The van der Waals surface area contributed by atoms with Crippen molar-refractivity contribution in [3.8, 4) is 12.3 Å². The quantitative estimate of drug-likeness (QED) is 0.672. The summed E-state index contributed by atoms with van der Waals surface area (Å²) in [4.78, 5) is 0. The fraction of sp³-hybridized carbons (Fsp3) is 0.667. The number of hydrogen-bond acceptors (Lipinski definition) is 4. The Labute approximate surface area is 95.5 Å². The van der Waals surface area contributed by atoms with Gasteiger partial charge in [-0.15, -0.1) is 6.42 Å². The molecule has 88 valence electrons. The van der Waals surface area contributed by atoms with Gasteiger partial charge in [0.1, 0.15) is 18.8 Å². The first kappa shape index (κ1) is 11.5. The minimum absolute atomic E-state index is 0.118. The van der Waals surface area contributed by atoms with Crippen LogP contribution >= 0.6 is 0 Å². The van der Waals surface area contributed by atoms with Gasteiger partial charge in [0.05, 0.1) is 12.9 Å². The lowest BCUT2D eigenvalue weighted by Gasteiger charge is -2.24. The van der Waals surface area contributed by atoms with Crippen LogP contribution in [0.4, 0.5) is 0 Å². The van der Waals surface area contributed by atoms with Crippen LogP contribution in [-0.4, -0.2) is 37.3 Å². The smallest absolute Gasteiger partial charge is 0.163 e. The van der Waals surface area contributed by atoms with Crippen LogP contribution in [0.2, 0.25) is 0 Å². The Bertz CT molecular complexity index is 315. The Kier molecular flexibility index (Phi) is 3.20. The molecule has 0 bridgehead atoms. The number of hydrogen-bond donors (Lipinski definition) is 0. The molecular formula is C12H16O4. The molecule has 1 fully saturated rings. The molecule has 2 heterocycles. The van der Waals surface area contributed by atoms with Crippen molar-refractivity contribution in [2.24, 2.45) is 0 Å². The van der Waals surface area contributed by atoms with Gasteiger partial charge in [-0.25, -0.2) is 0 Å². The molecule has 0 aliphatic carbocycles. The molecule has 16 heavy (non-hydrogen) atoms. The number of ether oxygens (including phenoxy) is 4. The molecule has 2 aliphatic heterocycles. The largest absolute Gasteiger partial charge is 0.492 e. The highest BCUT2D eigenvalue weighted by molar-refractivity contribution is 5.02. The van der Waals surface area contributed by atoms with Crippen molar-refractivity contribution in [2.75, 3.05) is 13.2 Å². The van der Waals surface area contributed by atoms with Gasteiger partial charge in [0.2, 0.25) is 0 Å². The van der Waals surface area contributed by atoms with Crippen molar-refractivity contribution in [1.82, 2.24) is 0 Å². The van der Waals surface area contributed by atoms with Crippen LogP contribution < -0.4 is 0 Å². The van der Waals surface area contributed by atoms with Gasteiger partial charge in [0, 0.05) is 0 Å². The van der Waals surface area contributed by atoms with Crippen LogP contribution in [0.5, 0.6) is 0 Å². The van der Waals surface area contributed by atoms with Crippen LogP contribution in [0.25, 0.3) is 0 Å². The average Bonchev–Trinajstić information content (AvgIpc) is 2.81. The summed E-state index contributed by atoms with van der Waals surface area (Å²) < 4.78 is 22.1. The Balaban J connectivity index is 1.92. The fourth-order valence-corrected chi connectivity index (χ4v) is 1.87. The second-order valence-corrected chi connectivity index (χ2v) is 4.28. The van der Waals surface area contributed by atoms with Crippen molar-refractivity contribution in [1.29, 1.82) is 0 Å². The first-order chi connectivity index (χ1) is 7.62. The Morgan fingerprint density at radius 3 is 3.00 bits per heavy atom. The lowest BCUT2D eigenvalue weighted by Crippen LogP contribution is -2.39. The maximum absolute atomic E-state index is 5.72. The molecule has 1 saturated heterocycles. The van der Waals surface area contributed by atoms with Gasteiger partial charge in [-0.05, 0) is 19.9 Å². The van der Waals surface area contributed by atoms with Crippen LogP contribution in [0.3, 0.4) is 0 Å². The minimum atomic E-state index is -0.548. The van der Waals surface area contributed by atoms with Crippen LogP contribution in [0.15, 0.2) is 12.3 Å². The summed E-state index contributed by atoms with van der Waals surface area (Å²) in [5, 5.41) is 0. The zero-order chi connectivity index (χ0) is 11.6. The molecule has 2 aliphatic rings. The SMILES string of the molecule is C#CCO[C@@H]1C=CO[C@@H]1[C@@H]1COC(C)(C)O1. The van der Waals surface area contributed by atoms with Gasteiger partial charge in [0.25, 0.3) is 0 Å². The summed E-state index contributed by atoms with van der Waals surface area (Å²) in [5.74, 6) is 1.89. The Morgan fingerprint density at radius 2 is 2.38 bits per heavy atom. The first-order valence-corrected chi connectivity index (χ1v) is 5.31. The minimum Gasteiger partial charge on any atom is -0.492 e. The van der Waals surface area contributed by atoms with Crippen molar-refractivity contribution in [2.45, 2.75) is 37.9 Å². The van der Waals surface area contributed by atoms with Gasteiger partial charge in [-0.1, -0.05) is 5.92 Å². The van der Waals surface area contributed by atoms with Crippen LogP contribution in [0, 0.1) is 12.3 Å². The van der Waals surface area contributed by atoms with E-state index in [2.05, 4.69) is 5.92 Å². The summed E-state index contributed by atoms with van der Waals surface area (Å²) in [6.45, 7) is 4.54. The topological polar surface area (TPSA) is 36.9 Å². The number of rotatable bonds is 3. The van der Waals surface area contributed by atoms with E-state index in [0.29, 0.717) is 6.61 Å². The molecule has 0 N–H and O–H groups in total. The van der Waals surface area contributed by atoms with Crippen molar-refractivity contribution in [3.05, 3.63) is 12.3 Å². The molecular weight excluding hydrogens is 208 g/mol. The van der Waals surface area contributed by atoms with Crippen LogP contribution in [-0.2, 0) is 18.9 Å². The van der Waals surface area contributed by atoms with Crippen molar-refractivity contribution >= 4 is 0 Å². The molecule has 4 nitrogen and oxygen atoms in total. The zero-order valence-corrected chi connectivity index (χ0v) is 9.51. The summed E-state index contributed by atoms with van der Waals surface area (Å²) in [6.07, 6.45) is 8.18. The fourth-order valence-electron chi connectivity index (χ4n) is 1.87. The summed E-state index contributed by atoms with van der Waals surface area (Å²) in [6, 6.07) is 0. The molecule has 0 aromatic carbocycles. The summed E-state index contributed by atoms with van der Waals surface area (Å²) >= 11 is 0. The lowest BCUT2D eigenvalue weighted by molar-refractivity contribution is -0.157. The van der Waals surface area contributed by atoms with E-state index in [1.807, 2.05) is 19.9 Å². The van der Waals surface area contributed by atoms with E-state index in [1.165, 1.54) is 0 Å². The lowest BCUT2D eigenvalue weighted by atomic mass is 10.1. The van der Waals surface area contributed by atoms with Gasteiger partial charge >= 0.3 is 0 Å². The molecule has 0 spiro atoms. The van der Waals surface area contributed by atoms with Gasteiger partial charge in [-0.3, -0.25) is 0 Å². The van der Waals surface area contributed by atoms with Crippen LogP contribution in [0.1, 0.15) is 13.8 Å². The predicted octanol–water partition coefficient (Wildman–Crippen LogP) is 1.07. The molecule has 0 saturated carbocycles. The molecule has 0 aromatic heterocycles. The van der Waals surface area contributed by atoms with Gasteiger partial charge in [0.15, 0.2) is 11.9 Å². The Hall–Kier alpha value is -1.02. The standard InChI is InChI=1S/C12H16O4/c1-4-6-13-9-5-7-14-11(9)10-8-15-12(2,3)16-10/h1,5,7,9-11H,6,8H2,2-3H3/t9-,10+,11+/m1/s1. The van der Waals surface area contributed by atoms with E-state index >= 15 is 0 Å². The average molecular weight is 224 g/mol. The van der Waals surface area contributed by atoms with E-state index in [1.54, 1.807) is 6.26 Å². The molecule has 4 heteroatoms. The van der Waals surface area contributed by atoms with Crippen molar-refractivity contribution < 1.29 is 18.9 Å². The predicted molar refractivity (Wildman–Crippen MR) is 57.5 cm³/mol. The summed E-state index contributed by atoms with van der Waals surface area (Å²) in [5.41, 5.74) is 0. The molecule has 2 rings (SSSR count). The Morgan fingerprint density at radius 1 is 1.56 bits per heavy atom. The maximum Gasteiger partial charge on any atom is 0.163 e. The third-order valence-electron chi connectivity index (χ3n) is 2.58.